The summed E-state index contributed by atoms with van der Waals surface area (Å²) in [4.78, 5) is 24.6. The first-order chi connectivity index (χ1) is 15.1. The highest BCUT2D eigenvalue weighted by Crippen LogP contribution is 2.41. The van der Waals surface area contributed by atoms with Gasteiger partial charge in [-0.15, -0.1) is 0 Å². The van der Waals surface area contributed by atoms with E-state index in [-0.39, 0.29) is 11.9 Å². The SMILES string of the molecule is COc1cc2c(cc1OC)/C(=C\c1ccc(NC(=O)Nc3ccccc3)cc1)C(=O)N2. The third-order valence-electron chi connectivity index (χ3n) is 4.82. The number of benzene rings is 3. The van der Waals surface area contributed by atoms with Crippen LogP contribution in [0.4, 0.5) is 21.9 Å². The van der Waals surface area contributed by atoms with Crippen LogP contribution in [0.5, 0.6) is 11.5 Å². The predicted octanol–water partition coefficient (Wildman–Crippen LogP) is 4.84. The van der Waals surface area contributed by atoms with E-state index >= 15 is 0 Å². The molecule has 1 aliphatic heterocycles. The molecule has 0 fully saturated rings. The van der Waals surface area contributed by atoms with Crippen molar-refractivity contribution in [2.75, 3.05) is 30.2 Å². The molecule has 0 saturated heterocycles. The van der Waals surface area contributed by atoms with Crippen LogP contribution in [-0.2, 0) is 4.79 Å². The predicted molar refractivity (Wildman–Crippen MR) is 122 cm³/mol. The molecule has 3 aromatic rings. The molecule has 0 bridgehead atoms. The van der Waals surface area contributed by atoms with Crippen molar-refractivity contribution < 1.29 is 19.1 Å². The van der Waals surface area contributed by atoms with Gasteiger partial charge in [0.25, 0.3) is 5.91 Å². The van der Waals surface area contributed by atoms with Gasteiger partial charge in [0.15, 0.2) is 11.5 Å². The van der Waals surface area contributed by atoms with Crippen LogP contribution < -0.4 is 25.4 Å². The van der Waals surface area contributed by atoms with Gasteiger partial charge in [-0.3, -0.25) is 4.79 Å². The number of carbonyl (C=O) groups is 2. The second-order valence-electron chi connectivity index (χ2n) is 6.83. The van der Waals surface area contributed by atoms with Crippen LogP contribution in [0.2, 0.25) is 0 Å². The van der Waals surface area contributed by atoms with E-state index in [1.54, 1.807) is 44.6 Å². The van der Waals surface area contributed by atoms with Gasteiger partial charge in [-0.1, -0.05) is 30.3 Å². The molecule has 0 aromatic heterocycles. The number of rotatable bonds is 5. The number of carbonyl (C=O) groups excluding carboxylic acids is 2. The molecule has 0 atom stereocenters. The first-order valence-electron chi connectivity index (χ1n) is 9.60. The number of fused-ring (bicyclic) bond motifs is 1. The van der Waals surface area contributed by atoms with Crippen LogP contribution in [0.1, 0.15) is 11.1 Å². The Kier molecular flexibility index (Phi) is 5.57. The van der Waals surface area contributed by atoms with E-state index < -0.39 is 0 Å². The minimum absolute atomic E-state index is 0.199. The molecule has 0 spiro atoms. The van der Waals surface area contributed by atoms with Gasteiger partial charge in [0.2, 0.25) is 0 Å². The van der Waals surface area contributed by atoms with E-state index in [1.165, 1.54) is 0 Å². The fraction of sp³-hybridized carbons (Fsp3) is 0.0833. The Morgan fingerprint density at radius 1 is 0.871 bits per heavy atom. The minimum Gasteiger partial charge on any atom is -0.493 e. The number of para-hydroxylation sites is 1. The highest BCUT2D eigenvalue weighted by Gasteiger charge is 2.26. The Morgan fingerprint density at radius 3 is 2.13 bits per heavy atom. The lowest BCUT2D eigenvalue weighted by molar-refractivity contribution is -0.110. The molecule has 31 heavy (non-hydrogen) atoms. The van der Waals surface area contributed by atoms with Crippen molar-refractivity contribution >= 4 is 40.6 Å². The minimum atomic E-state index is -0.331. The fourth-order valence-corrected chi connectivity index (χ4v) is 3.30. The van der Waals surface area contributed by atoms with Crippen LogP contribution in [0.15, 0.2) is 66.7 Å². The topological polar surface area (TPSA) is 88.7 Å². The van der Waals surface area contributed by atoms with Crippen LogP contribution in [0.3, 0.4) is 0 Å². The summed E-state index contributed by atoms with van der Waals surface area (Å²) in [5.41, 5.74) is 4.11. The molecule has 3 N–H and O–H groups in total. The number of amides is 3. The lowest BCUT2D eigenvalue weighted by Crippen LogP contribution is -2.19. The van der Waals surface area contributed by atoms with E-state index in [0.717, 1.165) is 11.1 Å². The number of nitrogens with one attached hydrogen (secondary N) is 3. The smallest absolute Gasteiger partial charge is 0.323 e. The highest BCUT2D eigenvalue weighted by molar-refractivity contribution is 6.35. The summed E-state index contributed by atoms with van der Waals surface area (Å²) in [5, 5.41) is 8.39. The highest BCUT2D eigenvalue weighted by atomic mass is 16.5. The normalized spacial score (nSPS) is 13.4. The molecule has 4 rings (SSSR count). The molecule has 3 aromatic carbocycles. The van der Waals surface area contributed by atoms with Crippen molar-refractivity contribution in [3.8, 4) is 11.5 Å². The Bertz CT molecular complexity index is 1160. The number of ether oxygens (including phenoxy) is 2. The van der Waals surface area contributed by atoms with Crippen LogP contribution in [0, 0.1) is 0 Å². The molecular formula is C24H21N3O4. The third-order valence-corrected chi connectivity index (χ3v) is 4.82. The van der Waals surface area contributed by atoms with Crippen LogP contribution in [0.25, 0.3) is 11.6 Å². The van der Waals surface area contributed by atoms with Gasteiger partial charge in [-0.05, 0) is 42.0 Å². The summed E-state index contributed by atoms with van der Waals surface area (Å²) < 4.78 is 10.7. The van der Waals surface area contributed by atoms with Gasteiger partial charge in [0.05, 0.1) is 19.9 Å². The van der Waals surface area contributed by atoms with Gasteiger partial charge in [0, 0.05) is 28.6 Å². The zero-order valence-electron chi connectivity index (χ0n) is 17.1. The van der Waals surface area contributed by atoms with Crippen molar-refractivity contribution in [1.29, 1.82) is 0 Å². The molecule has 3 amide bonds. The number of urea groups is 1. The van der Waals surface area contributed by atoms with Crippen LogP contribution >= 0.6 is 0 Å². The van der Waals surface area contributed by atoms with E-state index in [2.05, 4.69) is 16.0 Å². The van der Waals surface area contributed by atoms with E-state index in [0.29, 0.717) is 34.1 Å². The maximum Gasteiger partial charge on any atom is 0.323 e. The molecule has 0 saturated carbocycles. The number of anilines is 3. The Balaban J connectivity index is 1.51. The molecule has 0 unspecified atom stereocenters. The monoisotopic (exact) mass is 415 g/mol. The number of methoxy groups -OCH3 is 2. The van der Waals surface area contributed by atoms with Gasteiger partial charge in [-0.2, -0.15) is 0 Å². The average molecular weight is 415 g/mol. The second-order valence-corrected chi connectivity index (χ2v) is 6.83. The molecule has 156 valence electrons. The van der Waals surface area contributed by atoms with E-state index in [1.807, 2.05) is 42.5 Å². The summed E-state index contributed by atoms with van der Waals surface area (Å²) >= 11 is 0. The number of hydrogen-bond donors (Lipinski definition) is 3. The van der Waals surface area contributed by atoms with Crippen molar-refractivity contribution in [3.63, 3.8) is 0 Å². The largest absolute Gasteiger partial charge is 0.493 e. The lowest BCUT2D eigenvalue weighted by atomic mass is 10.0. The fourth-order valence-electron chi connectivity index (χ4n) is 3.30. The average Bonchev–Trinajstić information content (AvgIpc) is 3.08. The van der Waals surface area contributed by atoms with Crippen molar-refractivity contribution in [2.24, 2.45) is 0 Å². The molecule has 0 radical (unpaired) electrons. The van der Waals surface area contributed by atoms with Gasteiger partial charge >= 0.3 is 6.03 Å². The van der Waals surface area contributed by atoms with Crippen molar-refractivity contribution in [1.82, 2.24) is 0 Å². The molecule has 7 heteroatoms. The van der Waals surface area contributed by atoms with E-state index in [9.17, 15) is 9.59 Å². The summed E-state index contributed by atoms with van der Waals surface area (Å²) in [5.74, 6) is 0.898. The standard InChI is InChI=1S/C24H21N3O4/c1-30-21-13-18-19(23(28)27-20(18)14-22(21)31-2)12-15-8-10-17(11-9-15)26-24(29)25-16-6-4-3-5-7-16/h3-14H,1-2H3,(H,27,28)(H2,25,26,29)/b19-12+. The van der Waals surface area contributed by atoms with E-state index in [4.69, 9.17) is 9.47 Å². The quantitative estimate of drug-likeness (QED) is 0.520. The van der Waals surface area contributed by atoms with Crippen LogP contribution in [-0.4, -0.2) is 26.2 Å². The third kappa shape index (κ3) is 4.35. The van der Waals surface area contributed by atoms with Gasteiger partial charge in [0.1, 0.15) is 0 Å². The first-order valence-corrected chi connectivity index (χ1v) is 9.60. The zero-order chi connectivity index (χ0) is 21.8. The Hall–Kier alpha value is -4.26. The summed E-state index contributed by atoms with van der Waals surface area (Å²) in [7, 11) is 3.10. The van der Waals surface area contributed by atoms with Crippen molar-refractivity contribution in [3.05, 3.63) is 77.9 Å². The maximum atomic E-state index is 12.5. The first kappa shape index (κ1) is 20.0. The molecular weight excluding hydrogens is 394 g/mol. The molecule has 1 aliphatic rings. The van der Waals surface area contributed by atoms with Gasteiger partial charge in [-0.25, -0.2) is 4.79 Å². The summed E-state index contributed by atoms with van der Waals surface area (Å²) in [6.45, 7) is 0. The summed E-state index contributed by atoms with van der Waals surface area (Å²) in [6, 6.07) is 19.6. The maximum absolute atomic E-state index is 12.5. The molecule has 0 aliphatic carbocycles. The van der Waals surface area contributed by atoms with Crippen molar-refractivity contribution in [2.45, 2.75) is 0 Å². The molecule has 7 nitrogen and oxygen atoms in total. The zero-order valence-corrected chi connectivity index (χ0v) is 17.1. The Morgan fingerprint density at radius 2 is 1.48 bits per heavy atom. The Labute approximate surface area is 179 Å². The lowest BCUT2D eigenvalue weighted by Gasteiger charge is -2.09. The van der Waals surface area contributed by atoms with Gasteiger partial charge < -0.3 is 25.4 Å². The second kappa shape index (κ2) is 8.62. The summed E-state index contributed by atoms with van der Waals surface area (Å²) in [6.07, 6.45) is 1.79. The number of hydrogen-bond acceptors (Lipinski definition) is 4. The molecule has 1 heterocycles.